The minimum absolute atomic E-state index is 0.0497. The van der Waals surface area contributed by atoms with Crippen LogP contribution in [-0.4, -0.2) is 23.6 Å². The summed E-state index contributed by atoms with van der Waals surface area (Å²) in [7, 11) is 0. The topological polar surface area (TPSA) is 116 Å². The van der Waals surface area contributed by atoms with Gasteiger partial charge in [0.1, 0.15) is 0 Å². The minimum Gasteiger partial charge on any atom is -0.326 e. The summed E-state index contributed by atoms with van der Waals surface area (Å²) in [4.78, 5) is 48.5. The predicted octanol–water partition coefficient (Wildman–Crippen LogP) is 5.67. The average Bonchev–Trinajstić information content (AvgIpc) is 2.87. The molecule has 0 saturated carbocycles. The van der Waals surface area contributed by atoms with Crippen molar-refractivity contribution in [1.82, 2.24) is 0 Å². The van der Waals surface area contributed by atoms with Gasteiger partial charge in [0.05, 0.1) is 0 Å². The first-order chi connectivity index (χ1) is 17.4. The van der Waals surface area contributed by atoms with Gasteiger partial charge in [0.2, 0.25) is 11.8 Å². The molecule has 0 heterocycles. The van der Waals surface area contributed by atoms with Crippen LogP contribution in [0.2, 0.25) is 0 Å². The van der Waals surface area contributed by atoms with Crippen molar-refractivity contribution >= 4 is 46.4 Å². The van der Waals surface area contributed by atoms with E-state index in [1.807, 2.05) is 13.8 Å². The molecule has 36 heavy (non-hydrogen) atoms. The van der Waals surface area contributed by atoms with Crippen LogP contribution in [0.4, 0.5) is 22.7 Å². The molecule has 186 valence electrons. The van der Waals surface area contributed by atoms with Crippen molar-refractivity contribution < 1.29 is 19.2 Å². The molecule has 3 aromatic rings. The Kier molecular flexibility index (Phi) is 9.33. The summed E-state index contributed by atoms with van der Waals surface area (Å²) in [5.74, 6) is -0.728. The summed E-state index contributed by atoms with van der Waals surface area (Å²) in [5, 5.41) is 11.2. The Hall–Kier alpha value is -4.46. The van der Waals surface area contributed by atoms with Gasteiger partial charge in [-0.05, 0) is 85.6 Å². The van der Waals surface area contributed by atoms with E-state index in [1.54, 1.807) is 72.8 Å². The molecule has 4 amide bonds. The molecule has 0 aliphatic heterocycles. The summed E-state index contributed by atoms with van der Waals surface area (Å²) >= 11 is 0. The molecule has 8 nitrogen and oxygen atoms in total. The van der Waals surface area contributed by atoms with Crippen LogP contribution in [0.25, 0.3) is 0 Å². The Morgan fingerprint density at radius 3 is 1.03 bits per heavy atom. The number of hydrogen-bond acceptors (Lipinski definition) is 4. The molecule has 4 N–H and O–H groups in total. The van der Waals surface area contributed by atoms with E-state index < -0.39 is 0 Å². The van der Waals surface area contributed by atoms with Gasteiger partial charge in [-0.1, -0.05) is 13.8 Å². The van der Waals surface area contributed by atoms with Gasteiger partial charge in [0.15, 0.2) is 0 Å². The summed E-state index contributed by atoms with van der Waals surface area (Å²) in [5.41, 5.74) is 3.31. The molecule has 0 fully saturated rings. The second-order valence-electron chi connectivity index (χ2n) is 8.24. The third-order valence-corrected chi connectivity index (χ3v) is 5.22. The Morgan fingerprint density at radius 1 is 0.472 bits per heavy atom. The highest BCUT2D eigenvalue weighted by Crippen LogP contribution is 2.17. The molecular weight excluding hydrogens is 456 g/mol. The highest BCUT2D eigenvalue weighted by Gasteiger charge is 2.11. The lowest BCUT2D eigenvalue weighted by Gasteiger charge is -2.09. The summed E-state index contributed by atoms with van der Waals surface area (Å²) in [6.07, 6.45) is 2.45. The van der Waals surface area contributed by atoms with Gasteiger partial charge >= 0.3 is 0 Å². The zero-order chi connectivity index (χ0) is 25.9. The number of carbonyl (C=O) groups excluding carboxylic acids is 4. The third-order valence-electron chi connectivity index (χ3n) is 5.22. The second-order valence-corrected chi connectivity index (χ2v) is 8.24. The van der Waals surface area contributed by atoms with Crippen LogP contribution < -0.4 is 21.3 Å². The van der Waals surface area contributed by atoms with Crippen molar-refractivity contribution in [3.05, 3.63) is 83.9 Å². The Morgan fingerprint density at radius 2 is 0.750 bits per heavy atom. The first-order valence-electron chi connectivity index (χ1n) is 11.9. The van der Waals surface area contributed by atoms with E-state index in [-0.39, 0.29) is 23.6 Å². The van der Waals surface area contributed by atoms with Crippen molar-refractivity contribution in [3.8, 4) is 0 Å². The van der Waals surface area contributed by atoms with E-state index >= 15 is 0 Å². The van der Waals surface area contributed by atoms with E-state index in [0.29, 0.717) is 46.7 Å². The number of hydrogen-bond donors (Lipinski definition) is 4. The van der Waals surface area contributed by atoms with Crippen LogP contribution in [0.1, 0.15) is 60.2 Å². The number of nitrogens with one attached hydrogen (secondary N) is 4. The van der Waals surface area contributed by atoms with Gasteiger partial charge in [-0.15, -0.1) is 0 Å². The predicted molar refractivity (Wildman–Crippen MR) is 142 cm³/mol. The number of carbonyl (C=O) groups is 4. The van der Waals surface area contributed by atoms with Crippen molar-refractivity contribution in [2.45, 2.75) is 39.5 Å². The summed E-state index contributed by atoms with van der Waals surface area (Å²) in [6, 6.07) is 20.1. The fourth-order valence-electron chi connectivity index (χ4n) is 3.35. The minimum atomic E-state index is -0.314. The van der Waals surface area contributed by atoms with Crippen molar-refractivity contribution in [3.63, 3.8) is 0 Å². The smallest absolute Gasteiger partial charge is 0.255 e. The molecule has 8 heteroatoms. The molecule has 0 bridgehead atoms. The van der Waals surface area contributed by atoms with Crippen molar-refractivity contribution in [2.75, 3.05) is 21.3 Å². The Bertz CT molecular complexity index is 1110. The largest absolute Gasteiger partial charge is 0.326 e. The Balaban J connectivity index is 1.53. The quantitative estimate of drug-likeness (QED) is 0.295. The molecule has 0 atom stereocenters. The van der Waals surface area contributed by atoms with Gasteiger partial charge < -0.3 is 21.3 Å². The molecule has 0 aliphatic rings. The van der Waals surface area contributed by atoms with Crippen molar-refractivity contribution in [2.24, 2.45) is 0 Å². The average molecular weight is 487 g/mol. The first-order valence-corrected chi connectivity index (χ1v) is 11.9. The molecular formula is C28H30N4O4. The van der Waals surface area contributed by atoms with Gasteiger partial charge in [0.25, 0.3) is 11.8 Å². The molecule has 0 aromatic heterocycles. The lowest BCUT2D eigenvalue weighted by atomic mass is 10.1. The van der Waals surface area contributed by atoms with Crippen LogP contribution in [0, 0.1) is 0 Å². The van der Waals surface area contributed by atoms with Crippen LogP contribution in [0.15, 0.2) is 72.8 Å². The number of anilines is 4. The van der Waals surface area contributed by atoms with E-state index in [0.717, 1.165) is 12.8 Å². The third kappa shape index (κ3) is 7.80. The standard InChI is InChI=1S/C28H30N4O4/c1-3-5-25(33)29-21-11-15-23(16-12-21)31-27(35)19-7-9-20(10-8-19)28(36)32-24-17-13-22(14-18-24)30-26(34)6-4-2/h7-18H,3-6H2,1-2H3,(H,29,33)(H,30,34)(H,31,35)(H,32,36). The van der Waals surface area contributed by atoms with Crippen LogP contribution in [0.5, 0.6) is 0 Å². The fourth-order valence-corrected chi connectivity index (χ4v) is 3.35. The molecule has 0 saturated heterocycles. The maximum atomic E-state index is 12.6. The molecule has 0 spiro atoms. The van der Waals surface area contributed by atoms with Gasteiger partial charge in [-0.2, -0.15) is 0 Å². The summed E-state index contributed by atoms with van der Waals surface area (Å²) in [6.45, 7) is 3.88. The highest BCUT2D eigenvalue weighted by molar-refractivity contribution is 6.07. The number of benzene rings is 3. The van der Waals surface area contributed by atoms with Gasteiger partial charge in [0, 0.05) is 46.7 Å². The van der Waals surface area contributed by atoms with E-state index in [4.69, 9.17) is 0 Å². The van der Waals surface area contributed by atoms with E-state index in [1.165, 1.54) is 0 Å². The molecule has 0 radical (unpaired) electrons. The number of rotatable bonds is 10. The van der Waals surface area contributed by atoms with Crippen LogP contribution in [-0.2, 0) is 9.59 Å². The lowest BCUT2D eigenvalue weighted by Crippen LogP contribution is -2.15. The SMILES string of the molecule is CCCC(=O)Nc1ccc(NC(=O)c2ccc(C(=O)Nc3ccc(NC(=O)CCC)cc3)cc2)cc1. The van der Waals surface area contributed by atoms with Gasteiger partial charge in [-0.25, -0.2) is 0 Å². The first kappa shape index (κ1) is 26.2. The fraction of sp³-hybridized carbons (Fsp3) is 0.214. The van der Waals surface area contributed by atoms with Crippen molar-refractivity contribution in [1.29, 1.82) is 0 Å². The van der Waals surface area contributed by atoms with E-state index in [2.05, 4.69) is 21.3 Å². The van der Waals surface area contributed by atoms with Gasteiger partial charge in [-0.3, -0.25) is 19.2 Å². The van der Waals surface area contributed by atoms with E-state index in [9.17, 15) is 19.2 Å². The molecule has 0 unspecified atom stereocenters. The lowest BCUT2D eigenvalue weighted by molar-refractivity contribution is -0.117. The second kappa shape index (κ2) is 12.9. The monoisotopic (exact) mass is 486 g/mol. The highest BCUT2D eigenvalue weighted by atomic mass is 16.2. The molecule has 3 rings (SSSR count). The number of amides is 4. The molecule has 3 aromatic carbocycles. The zero-order valence-corrected chi connectivity index (χ0v) is 20.4. The normalized spacial score (nSPS) is 10.3. The maximum absolute atomic E-state index is 12.6. The van der Waals surface area contributed by atoms with Crippen LogP contribution >= 0.6 is 0 Å². The van der Waals surface area contributed by atoms with Crippen LogP contribution in [0.3, 0.4) is 0 Å². The molecule has 0 aliphatic carbocycles. The zero-order valence-electron chi connectivity index (χ0n) is 20.4. The maximum Gasteiger partial charge on any atom is 0.255 e. The Labute approximate surface area is 210 Å². The summed E-state index contributed by atoms with van der Waals surface area (Å²) < 4.78 is 0.